The first kappa shape index (κ1) is 16.2. The van der Waals surface area contributed by atoms with E-state index in [0.29, 0.717) is 5.92 Å². The highest BCUT2D eigenvalue weighted by atomic mass is 19.1. The Morgan fingerprint density at radius 2 is 1.71 bits per heavy atom. The number of hydrogen-bond acceptors (Lipinski definition) is 2. The third-order valence-electron chi connectivity index (χ3n) is 4.51. The van der Waals surface area contributed by atoms with Crippen molar-refractivity contribution >= 4 is 0 Å². The summed E-state index contributed by atoms with van der Waals surface area (Å²) in [5.74, 6) is -0.388. The van der Waals surface area contributed by atoms with Gasteiger partial charge in [-0.3, -0.25) is 0 Å². The van der Waals surface area contributed by atoms with Gasteiger partial charge in [-0.05, 0) is 37.6 Å². The molecular weight excluding hydrogens is 272 g/mol. The van der Waals surface area contributed by atoms with E-state index in [1.54, 1.807) is 0 Å². The highest BCUT2D eigenvalue weighted by Crippen LogP contribution is 2.39. The molecule has 0 saturated heterocycles. The van der Waals surface area contributed by atoms with Crippen LogP contribution in [-0.2, 0) is 0 Å². The predicted octanol–water partition coefficient (Wildman–Crippen LogP) is 4.15. The minimum Gasteiger partial charge on any atom is -0.489 e. The number of benzene rings is 1. The summed E-state index contributed by atoms with van der Waals surface area (Å²) in [4.78, 5) is 0. The van der Waals surface area contributed by atoms with E-state index in [0.717, 1.165) is 25.3 Å². The van der Waals surface area contributed by atoms with Crippen LogP contribution in [0.1, 0.15) is 40.0 Å². The minimum absolute atomic E-state index is 0.0609. The molecule has 1 saturated carbocycles. The predicted molar refractivity (Wildman–Crippen MR) is 80.4 cm³/mol. The van der Waals surface area contributed by atoms with Crippen LogP contribution in [0.25, 0.3) is 0 Å². The molecule has 0 bridgehead atoms. The molecule has 0 heterocycles. The summed E-state index contributed by atoms with van der Waals surface area (Å²) < 4.78 is 32.5. The van der Waals surface area contributed by atoms with Gasteiger partial charge in [0.15, 0.2) is 0 Å². The van der Waals surface area contributed by atoms with Crippen LogP contribution in [0.3, 0.4) is 0 Å². The zero-order valence-electron chi connectivity index (χ0n) is 13.2. The van der Waals surface area contributed by atoms with Crippen molar-refractivity contribution in [3.8, 4) is 5.75 Å². The van der Waals surface area contributed by atoms with Crippen molar-refractivity contribution in [2.75, 3.05) is 7.05 Å². The second-order valence-corrected chi connectivity index (χ2v) is 7.03. The molecule has 0 radical (unpaired) electrons. The van der Waals surface area contributed by atoms with E-state index in [-0.39, 0.29) is 23.3 Å². The highest BCUT2D eigenvalue weighted by molar-refractivity contribution is 5.24. The quantitative estimate of drug-likeness (QED) is 0.905. The van der Waals surface area contributed by atoms with Crippen LogP contribution in [0.5, 0.6) is 5.75 Å². The zero-order valence-corrected chi connectivity index (χ0v) is 13.2. The van der Waals surface area contributed by atoms with Crippen LogP contribution >= 0.6 is 0 Å². The van der Waals surface area contributed by atoms with Gasteiger partial charge in [-0.1, -0.05) is 20.8 Å². The maximum absolute atomic E-state index is 13.3. The number of likely N-dealkylation sites (N-methyl/N-ethyl adjacent to an activating group) is 1. The van der Waals surface area contributed by atoms with Gasteiger partial charge < -0.3 is 10.1 Å². The number of halogens is 2. The van der Waals surface area contributed by atoms with Crippen molar-refractivity contribution in [2.45, 2.75) is 52.2 Å². The second kappa shape index (κ2) is 6.30. The van der Waals surface area contributed by atoms with Crippen molar-refractivity contribution in [2.24, 2.45) is 11.3 Å². The minimum atomic E-state index is -0.603. The topological polar surface area (TPSA) is 21.3 Å². The van der Waals surface area contributed by atoms with Gasteiger partial charge in [0, 0.05) is 24.2 Å². The van der Waals surface area contributed by atoms with E-state index in [2.05, 4.69) is 26.1 Å². The third-order valence-corrected chi connectivity index (χ3v) is 4.51. The van der Waals surface area contributed by atoms with Crippen molar-refractivity contribution in [1.29, 1.82) is 0 Å². The molecule has 2 nitrogen and oxygen atoms in total. The Kier molecular flexibility index (Phi) is 4.87. The molecule has 1 aromatic rings. The molecule has 1 aliphatic rings. The molecule has 118 valence electrons. The average molecular weight is 297 g/mol. The standard InChI is InChI=1S/C17H25F2NO/c1-17(2,3)11-5-6-15(20-4)16(7-11)21-14-9-12(18)8-13(19)10-14/h8-11,15-16,20H,5-7H2,1-4H3. The van der Waals surface area contributed by atoms with E-state index in [1.807, 2.05) is 7.05 Å². The van der Waals surface area contributed by atoms with Crippen LogP contribution in [-0.4, -0.2) is 19.2 Å². The Morgan fingerprint density at radius 1 is 1.10 bits per heavy atom. The fraction of sp³-hybridized carbons (Fsp3) is 0.647. The Labute approximate surface area is 125 Å². The van der Waals surface area contributed by atoms with Crippen LogP contribution in [0.15, 0.2) is 18.2 Å². The number of nitrogens with one attached hydrogen (secondary N) is 1. The molecule has 21 heavy (non-hydrogen) atoms. The van der Waals surface area contributed by atoms with E-state index in [1.165, 1.54) is 12.1 Å². The Bertz CT molecular complexity index is 464. The molecule has 0 aliphatic heterocycles. The third kappa shape index (κ3) is 4.16. The molecule has 1 N–H and O–H groups in total. The lowest BCUT2D eigenvalue weighted by Crippen LogP contribution is -2.47. The Morgan fingerprint density at radius 3 is 2.24 bits per heavy atom. The molecule has 1 aliphatic carbocycles. The molecular formula is C17H25F2NO. The summed E-state index contributed by atoms with van der Waals surface area (Å²) in [5.41, 5.74) is 0.216. The van der Waals surface area contributed by atoms with Crippen molar-refractivity contribution in [3.05, 3.63) is 29.8 Å². The molecule has 1 aromatic carbocycles. The highest BCUT2D eigenvalue weighted by Gasteiger charge is 2.36. The fourth-order valence-electron chi connectivity index (χ4n) is 3.15. The largest absolute Gasteiger partial charge is 0.489 e. The summed E-state index contributed by atoms with van der Waals surface area (Å²) in [6.07, 6.45) is 3.00. The molecule has 0 spiro atoms. The van der Waals surface area contributed by atoms with Gasteiger partial charge in [0.05, 0.1) is 0 Å². The zero-order chi connectivity index (χ0) is 15.6. The Balaban J connectivity index is 2.14. The van der Waals surface area contributed by atoms with Crippen molar-refractivity contribution in [1.82, 2.24) is 5.32 Å². The summed E-state index contributed by atoms with van der Waals surface area (Å²) in [6.45, 7) is 6.70. The summed E-state index contributed by atoms with van der Waals surface area (Å²) >= 11 is 0. The van der Waals surface area contributed by atoms with Gasteiger partial charge in [0.1, 0.15) is 23.5 Å². The van der Waals surface area contributed by atoms with E-state index < -0.39 is 11.6 Å². The summed E-state index contributed by atoms with van der Waals surface area (Å²) in [5, 5.41) is 3.26. The molecule has 2 rings (SSSR count). The van der Waals surface area contributed by atoms with Gasteiger partial charge in [-0.2, -0.15) is 0 Å². The van der Waals surface area contributed by atoms with Gasteiger partial charge in [0.25, 0.3) is 0 Å². The number of hydrogen-bond donors (Lipinski definition) is 1. The molecule has 3 unspecified atom stereocenters. The van der Waals surface area contributed by atoms with Gasteiger partial charge in [-0.15, -0.1) is 0 Å². The van der Waals surface area contributed by atoms with E-state index >= 15 is 0 Å². The maximum Gasteiger partial charge on any atom is 0.129 e. The average Bonchev–Trinajstić information content (AvgIpc) is 2.36. The lowest BCUT2D eigenvalue weighted by molar-refractivity contribution is 0.0492. The van der Waals surface area contributed by atoms with Crippen LogP contribution in [0.4, 0.5) is 8.78 Å². The van der Waals surface area contributed by atoms with Gasteiger partial charge in [0.2, 0.25) is 0 Å². The monoisotopic (exact) mass is 297 g/mol. The SMILES string of the molecule is CNC1CCC(C(C)(C)C)CC1Oc1cc(F)cc(F)c1. The van der Waals surface area contributed by atoms with Crippen molar-refractivity contribution in [3.63, 3.8) is 0 Å². The Hall–Kier alpha value is -1.16. The van der Waals surface area contributed by atoms with Gasteiger partial charge >= 0.3 is 0 Å². The van der Waals surface area contributed by atoms with E-state index in [4.69, 9.17) is 4.74 Å². The van der Waals surface area contributed by atoms with Crippen molar-refractivity contribution < 1.29 is 13.5 Å². The molecule has 4 heteroatoms. The first-order valence-electron chi connectivity index (χ1n) is 7.59. The fourth-order valence-corrected chi connectivity index (χ4v) is 3.15. The lowest BCUT2D eigenvalue weighted by Gasteiger charge is -2.41. The normalized spacial score (nSPS) is 26.7. The molecule has 0 amide bonds. The lowest BCUT2D eigenvalue weighted by atomic mass is 9.70. The molecule has 3 atom stereocenters. The first-order valence-corrected chi connectivity index (χ1v) is 7.59. The molecule has 1 fully saturated rings. The van der Waals surface area contributed by atoms with E-state index in [9.17, 15) is 8.78 Å². The first-order chi connectivity index (χ1) is 9.79. The van der Waals surface area contributed by atoms with Crippen LogP contribution in [0.2, 0.25) is 0 Å². The molecule has 0 aromatic heterocycles. The smallest absolute Gasteiger partial charge is 0.129 e. The number of rotatable bonds is 3. The van der Waals surface area contributed by atoms with Crippen LogP contribution < -0.4 is 10.1 Å². The number of ether oxygens (including phenoxy) is 1. The second-order valence-electron chi connectivity index (χ2n) is 7.03. The van der Waals surface area contributed by atoms with Gasteiger partial charge in [-0.25, -0.2) is 8.78 Å². The van der Waals surface area contributed by atoms with Crippen LogP contribution in [0, 0.1) is 23.0 Å². The maximum atomic E-state index is 13.3. The summed E-state index contributed by atoms with van der Waals surface area (Å²) in [6, 6.07) is 3.57. The summed E-state index contributed by atoms with van der Waals surface area (Å²) in [7, 11) is 1.91.